The molecule has 1 aromatic carbocycles. The Morgan fingerprint density at radius 3 is 2.78 bits per heavy atom. The predicted octanol–water partition coefficient (Wildman–Crippen LogP) is 1.70. The van der Waals surface area contributed by atoms with Crippen LogP contribution < -0.4 is 0 Å². The van der Waals surface area contributed by atoms with Crippen LogP contribution in [0.5, 0.6) is 0 Å². The molecule has 0 spiro atoms. The molecule has 0 amide bonds. The first-order chi connectivity index (χ1) is 8.63. The predicted molar refractivity (Wildman–Crippen MR) is 66.6 cm³/mol. The zero-order valence-electron chi connectivity index (χ0n) is 9.84. The van der Waals surface area contributed by atoms with Crippen molar-refractivity contribution in [2.24, 2.45) is 0 Å². The number of carbonyl (C=O) groups is 2. The van der Waals surface area contributed by atoms with Crippen molar-refractivity contribution in [3.63, 3.8) is 0 Å². The Kier molecular flexibility index (Phi) is 5.20. The molecule has 1 aromatic rings. The maximum atomic E-state index is 10.9. The van der Waals surface area contributed by atoms with Crippen LogP contribution in [0.15, 0.2) is 30.3 Å². The third kappa shape index (κ3) is 4.54. The molecule has 92 valence electrons. The fourth-order valence-corrected chi connectivity index (χ4v) is 1.20. The molecule has 1 rings (SSSR count). The molecular weight excluding hydrogens is 232 g/mol. The normalized spacial score (nSPS) is 9.61. The number of rotatable bonds is 3. The van der Waals surface area contributed by atoms with E-state index in [0.29, 0.717) is 11.1 Å². The number of hydrogen-bond acceptors (Lipinski definition) is 3. The molecule has 0 bridgehead atoms. The van der Waals surface area contributed by atoms with Crippen molar-refractivity contribution in [2.45, 2.75) is 6.42 Å². The maximum absolute atomic E-state index is 10.9. The molecule has 0 aliphatic rings. The lowest BCUT2D eigenvalue weighted by molar-refractivity contribution is -0.139. The summed E-state index contributed by atoms with van der Waals surface area (Å²) in [5.41, 5.74) is 1.36. The fraction of sp³-hybridized carbons (Fsp3) is 0.143. The average Bonchev–Trinajstić information content (AvgIpc) is 2.37. The lowest BCUT2D eigenvalue weighted by Crippen LogP contribution is -1.97. The number of ether oxygens (including phenoxy) is 1. The van der Waals surface area contributed by atoms with Gasteiger partial charge < -0.3 is 9.84 Å². The number of carboxylic acids is 1. The van der Waals surface area contributed by atoms with Gasteiger partial charge in [-0.25, -0.2) is 4.79 Å². The lowest BCUT2D eigenvalue weighted by atomic mass is 10.1. The Hall–Kier alpha value is -2.54. The molecule has 0 aliphatic carbocycles. The highest BCUT2D eigenvalue weighted by molar-refractivity contribution is 5.85. The first-order valence-corrected chi connectivity index (χ1v) is 5.19. The smallest absolute Gasteiger partial charge is 0.328 e. The van der Waals surface area contributed by atoms with Gasteiger partial charge in [-0.05, 0) is 17.7 Å². The number of carbonyl (C=O) groups excluding carboxylic acids is 1. The molecule has 18 heavy (non-hydrogen) atoms. The van der Waals surface area contributed by atoms with Crippen LogP contribution in [0, 0.1) is 11.8 Å². The van der Waals surface area contributed by atoms with Gasteiger partial charge in [0.05, 0.1) is 7.11 Å². The van der Waals surface area contributed by atoms with E-state index in [2.05, 4.69) is 16.6 Å². The van der Waals surface area contributed by atoms with Gasteiger partial charge in [-0.2, -0.15) is 0 Å². The highest BCUT2D eigenvalue weighted by Crippen LogP contribution is 2.09. The van der Waals surface area contributed by atoms with Crippen molar-refractivity contribution in [1.29, 1.82) is 0 Å². The molecule has 0 radical (unpaired) electrons. The Labute approximate surface area is 105 Å². The van der Waals surface area contributed by atoms with Crippen LogP contribution in [0.3, 0.4) is 0 Å². The Balaban J connectivity index is 2.88. The fourth-order valence-electron chi connectivity index (χ4n) is 1.20. The van der Waals surface area contributed by atoms with Crippen molar-refractivity contribution in [1.82, 2.24) is 0 Å². The van der Waals surface area contributed by atoms with E-state index in [1.807, 2.05) is 0 Å². The number of methoxy groups -OCH3 is 1. The molecule has 0 atom stereocenters. The first-order valence-electron chi connectivity index (χ1n) is 5.19. The van der Waals surface area contributed by atoms with Crippen molar-refractivity contribution >= 4 is 18.0 Å². The van der Waals surface area contributed by atoms with Gasteiger partial charge in [0, 0.05) is 11.6 Å². The molecule has 4 nitrogen and oxygen atoms in total. The second-order valence-corrected chi connectivity index (χ2v) is 3.31. The largest absolute Gasteiger partial charge is 0.478 e. The minimum absolute atomic E-state index is 0.00742. The number of hydrogen-bond donors (Lipinski definition) is 1. The van der Waals surface area contributed by atoms with E-state index >= 15 is 0 Å². The van der Waals surface area contributed by atoms with E-state index in [1.165, 1.54) is 13.2 Å². The standard InChI is InChI=1S/C14H12O4/c1-18-14(17)8-4-7-11-5-2-3-6-12(11)9-10-13(15)16/h2-3,5-6,9-10H,8H2,1H3,(H,15,16)/b10-9+. The second kappa shape index (κ2) is 6.92. The SMILES string of the molecule is COC(=O)CC#Cc1ccccc1/C=C/C(=O)O. The van der Waals surface area contributed by atoms with Crippen LogP contribution >= 0.6 is 0 Å². The average molecular weight is 244 g/mol. The topological polar surface area (TPSA) is 63.6 Å². The van der Waals surface area contributed by atoms with Gasteiger partial charge in [0.15, 0.2) is 0 Å². The molecule has 0 saturated carbocycles. The van der Waals surface area contributed by atoms with E-state index in [1.54, 1.807) is 24.3 Å². The van der Waals surface area contributed by atoms with Crippen LogP contribution in [0.2, 0.25) is 0 Å². The van der Waals surface area contributed by atoms with E-state index in [0.717, 1.165) is 6.08 Å². The summed E-state index contributed by atoms with van der Waals surface area (Å²) in [6, 6.07) is 7.08. The Morgan fingerprint density at radius 1 is 1.39 bits per heavy atom. The summed E-state index contributed by atoms with van der Waals surface area (Å²) < 4.78 is 4.46. The molecule has 1 N–H and O–H groups in total. The molecule has 0 aromatic heterocycles. The van der Waals surface area contributed by atoms with Crippen molar-refractivity contribution in [2.75, 3.05) is 7.11 Å². The molecule has 4 heteroatoms. The summed E-state index contributed by atoms with van der Waals surface area (Å²) in [6.07, 6.45) is 2.51. The number of esters is 1. The highest BCUT2D eigenvalue weighted by Gasteiger charge is 1.97. The summed E-state index contributed by atoms with van der Waals surface area (Å²) in [7, 11) is 1.30. The Morgan fingerprint density at radius 2 is 2.11 bits per heavy atom. The van der Waals surface area contributed by atoms with Crippen molar-refractivity contribution in [3.05, 3.63) is 41.5 Å². The third-order valence-corrected chi connectivity index (χ3v) is 2.05. The number of carboxylic acid groups (broad SMARTS) is 1. The van der Waals surface area contributed by atoms with Crippen LogP contribution in [0.1, 0.15) is 17.5 Å². The third-order valence-electron chi connectivity index (χ3n) is 2.05. The van der Waals surface area contributed by atoms with Gasteiger partial charge in [-0.1, -0.05) is 30.0 Å². The monoisotopic (exact) mass is 244 g/mol. The Bertz CT molecular complexity index is 532. The van der Waals surface area contributed by atoms with Gasteiger partial charge in [-0.15, -0.1) is 0 Å². The van der Waals surface area contributed by atoms with E-state index in [4.69, 9.17) is 5.11 Å². The molecule has 0 heterocycles. The van der Waals surface area contributed by atoms with Gasteiger partial charge in [0.25, 0.3) is 0 Å². The summed E-state index contributed by atoms with van der Waals surface area (Å²) in [5.74, 6) is 4.06. The van der Waals surface area contributed by atoms with Crippen molar-refractivity contribution in [3.8, 4) is 11.8 Å². The van der Waals surface area contributed by atoms with Gasteiger partial charge >= 0.3 is 11.9 Å². The summed E-state index contributed by atoms with van der Waals surface area (Å²) in [4.78, 5) is 21.3. The number of aliphatic carboxylic acids is 1. The molecular formula is C14H12O4. The minimum Gasteiger partial charge on any atom is -0.478 e. The van der Waals surface area contributed by atoms with Crippen LogP contribution in [-0.2, 0) is 14.3 Å². The zero-order valence-corrected chi connectivity index (χ0v) is 9.84. The molecule has 0 saturated heterocycles. The summed E-state index contributed by atoms with van der Waals surface area (Å²) >= 11 is 0. The zero-order chi connectivity index (χ0) is 13.4. The second-order valence-electron chi connectivity index (χ2n) is 3.31. The first kappa shape index (κ1) is 13.5. The molecule has 0 fully saturated rings. The molecule has 0 aliphatic heterocycles. The summed E-state index contributed by atoms with van der Waals surface area (Å²) in [5, 5.41) is 8.56. The molecule has 0 unspecified atom stereocenters. The lowest BCUT2D eigenvalue weighted by Gasteiger charge is -1.97. The number of benzene rings is 1. The van der Waals surface area contributed by atoms with E-state index in [-0.39, 0.29) is 6.42 Å². The van der Waals surface area contributed by atoms with Gasteiger partial charge in [0.2, 0.25) is 0 Å². The minimum atomic E-state index is -1.02. The maximum Gasteiger partial charge on any atom is 0.328 e. The highest BCUT2D eigenvalue weighted by atomic mass is 16.5. The van der Waals surface area contributed by atoms with E-state index < -0.39 is 11.9 Å². The van der Waals surface area contributed by atoms with Gasteiger partial charge in [0.1, 0.15) is 6.42 Å². The quantitative estimate of drug-likeness (QED) is 0.499. The van der Waals surface area contributed by atoms with E-state index in [9.17, 15) is 9.59 Å². The van der Waals surface area contributed by atoms with Crippen LogP contribution in [0.4, 0.5) is 0 Å². The van der Waals surface area contributed by atoms with Crippen molar-refractivity contribution < 1.29 is 19.4 Å². The van der Waals surface area contributed by atoms with Crippen LogP contribution in [0.25, 0.3) is 6.08 Å². The van der Waals surface area contributed by atoms with Crippen LogP contribution in [-0.4, -0.2) is 24.2 Å². The summed E-state index contributed by atoms with van der Waals surface area (Å²) in [6.45, 7) is 0. The van der Waals surface area contributed by atoms with Gasteiger partial charge in [-0.3, -0.25) is 4.79 Å².